The first-order valence-electron chi connectivity index (χ1n) is 6.64. The molecule has 0 radical (unpaired) electrons. The third-order valence-electron chi connectivity index (χ3n) is 3.19. The fraction of sp³-hybridized carbons (Fsp3) is 0.500. The molecule has 5 nitrogen and oxygen atoms in total. The molecule has 0 heterocycles. The van der Waals surface area contributed by atoms with Crippen molar-refractivity contribution in [3.63, 3.8) is 0 Å². The number of anilines is 1. The van der Waals surface area contributed by atoms with Crippen LogP contribution in [0.1, 0.15) is 20.8 Å². The lowest BCUT2D eigenvalue weighted by Crippen LogP contribution is -2.44. The van der Waals surface area contributed by atoms with E-state index in [0.717, 1.165) is 22.7 Å². The molecular weight excluding hydrogens is 295 g/mol. The van der Waals surface area contributed by atoms with Gasteiger partial charge in [0.05, 0.1) is 11.9 Å². The fourth-order valence-corrected chi connectivity index (χ4v) is 2.46. The number of rotatable bonds is 6. The van der Waals surface area contributed by atoms with E-state index in [1.54, 1.807) is 0 Å². The summed E-state index contributed by atoms with van der Waals surface area (Å²) >= 11 is 0. The second-order valence-electron chi connectivity index (χ2n) is 5.35. The zero-order valence-electron chi connectivity index (χ0n) is 12.6. The molecule has 0 aromatic heterocycles. The van der Waals surface area contributed by atoms with Crippen LogP contribution in [0.4, 0.5) is 10.1 Å². The number of amides is 1. The molecule has 0 bridgehead atoms. The van der Waals surface area contributed by atoms with Crippen molar-refractivity contribution in [3.05, 3.63) is 30.1 Å². The zero-order valence-corrected chi connectivity index (χ0v) is 13.4. The average molecular weight is 316 g/mol. The maximum atomic E-state index is 12.9. The number of sulfonamides is 1. The molecule has 1 rings (SSSR count). The highest BCUT2D eigenvalue weighted by Crippen LogP contribution is 2.17. The van der Waals surface area contributed by atoms with E-state index < -0.39 is 21.7 Å². The zero-order chi connectivity index (χ0) is 16.2. The van der Waals surface area contributed by atoms with E-state index in [0.29, 0.717) is 0 Å². The summed E-state index contributed by atoms with van der Waals surface area (Å²) in [5.41, 5.74) is 0.256. The van der Waals surface area contributed by atoms with Crippen molar-refractivity contribution in [3.8, 4) is 0 Å². The van der Waals surface area contributed by atoms with Crippen molar-refractivity contribution >= 4 is 21.6 Å². The summed E-state index contributed by atoms with van der Waals surface area (Å²) in [6.45, 7) is 5.44. The third-order valence-corrected chi connectivity index (χ3v) is 4.33. The highest BCUT2D eigenvalue weighted by atomic mass is 32.2. The number of nitrogens with zero attached hydrogens (tertiary/aromatic N) is 1. The molecular formula is C14H21FN2O3S. The van der Waals surface area contributed by atoms with Crippen molar-refractivity contribution in [1.29, 1.82) is 0 Å². The van der Waals surface area contributed by atoms with Gasteiger partial charge in [-0.25, -0.2) is 12.8 Å². The topological polar surface area (TPSA) is 66.5 Å². The van der Waals surface area contributed by atoms with Gasteiger partial charge < -0.3 is 5.32 Å². The summed E-state index contributed by atoms with van der Waals surface area (Å²) < 4.78 is 37.5. The van der Waals surface area contributed by atoms with Crippen LogP contribution < -0.4 is 9.62 Å². The molecule has 0 spiro atoms. The van der Waals surface area contributed by atoms with Crippen LogP contribution in [-0.2, 0) is 14.8 Å². The first-order chi connectivity index (χ1) is 9.61. The minimum atomic E-state index is -3.63. The van der Waals surface area contributed by atoms with Gasteiger partial charge in [-0.15, -0.1) is 0 Å². The summed E-state index contributed by atoms with van der Waals surface area (Å²) in [4.78, 5) is 12.0. The lowest BCUT2D eigenvalue weighted by atomic mass is 10.1. The van der Waals surface area contributed by atoms with Crippen LogP contribution in [0, 0.1) is 11.7 Å². The molecule has 21 heavy (non-hydrogen) atoms. The molecule has 1 atom stereocenters. The van der Waals surface area contributed by atoms with Gasteiger partial charge in [0.1, 0.15) is 12.4 Å². The van der Waals surface area contributed by atoms with Crippen molar-refractivity contribution in [2.45, 2.75) is 26.8 Å². The molecule has 0 saturated heterocycles. The van der Waals surface area contributed by atoms with Gasteiger partial charge in [-0.3, -0.25) is 9.10 Å². The molecule has 118 valence electrons. The van der Waals surface area contributed by atoms with Crippen LogP contribution >= 0.6 is 0 Å². The predicted molar refractivity (Wildman–Crippen MR) is 81.0 cm³/mol. The quantitative estimate of drug-likeness (QED) is 0.869. The first kappa shape index (κ1) is 17.4. The molecule has 0 saturated carbocycles. The highest BCUT2D eigenvalue weighted by molar-refractivity contribution is 7.92. The molecule has 0 aliphatic rings. The Morgan fingerprint density at radius 2 is 1.76 bits per heavy atom. The normalized spacial score (nSPS) is 13.0. The van der Waals surface area contributed by atoms with Crippen LogP contribution in [0.5, 0.6) is 0 Å². The van der Waals surface area contributed by atoms with Gasteiger partial charge in [0, 0.05) is 6.04 Å². The van der Waals surface area contributed by atoms with Crippen molar-refractivity contribution in [2.75, 3.05) is 17.1 Å². The Hall–Kier alpha value is -1.63. The first-order valence-corrected chi connectivity index (χ1v) is 8.48. The van der Waals surface area contributed by atoms with E-state index in [1.165, 1.54) is 12.1 Å². The van der Waals surface area contributed by atoms with Gasteiger partial charge in [0.15, 0.2) is 0 Å². The molecule has 0 unspecified atom stereocenters. The minimum Gasteiger partial charge on any atom is -0.352 e. The number of carbonyl (C=O) groups excluding carboxylic acids is 1. The molecule has 1 aromatic carbocycles. The number of nitrogens with one attached hydrogen (secondary N) is 1. The van der Waals surface area contributed by atoms with E-state index >= 15 is 0 Å². The molecule has 1 N–H and O–H groups in total. The number of benzene rings is 1. The summed E-state index contributed by atoms with van der Waals surface area (Å²) in [7, 11) is -3.63. The number of hydrogen-bond acceptors (Lipinski definition) is 3. The SMILES string of the molecule is CC(C)[C@@H](C)NC(=O)CN(c1ccc(F)cc1)S(C)(=O)=O. The van der Waals surface area contributed by atoms with Crippen LogP contribution in [0.25, 0.3) is 0 Å². The fourth-order valence-electron chi connectivity index (χ4n) is 1.60. The number of halogens is 1. The lowest BCUT2D eigenvalue weighted by molar-refractivity contribution is -0.120. The molecule has 0 aliphatic heterocycles. The standard InChI is InChI=1S/C14H21FN2O3S/c1-10(2)11(3)16-14(18)9-17(21(4,19)20)13-7-5-12(15)6-8-13/h5-8,10-11H,9H2,1-4H3,(H,16,18)/t11-/m1/s1. The van der Waals surface area contributed by atoms with E-state index in [4.69, 9.17) is 0 Å². The van der Waals surface area contributed by atoms with E-state index in [2.05, 4.69) is 5.32 Å². The third kappa shape index (κ3) is 5.34. The maximum Gasteiger partial charge on any atom is 0.240 e. The van der Waals surface area contributed by atoms with Crippen LogP contribution in [0.3, 0.4) is 0 Å². The maximum absolute atomic E-state index is 12.9. The van der Waals surface area contributed by atoms with Gasteiger partial charge in [-0.05, 0) is 37.1 Å². The van der Waals surface area contributed by atoms with Gasteiger partial charge in [0.25, 0.3) is 0 Å². The van der Waals surface area contributed by atoms with Gasteiger partial charge in [0.2, 0.25) is 15.9 Å². The molecule has 7 heteroatoms. The molecule has 0 aliphatic carbocycles. The predicted octanol–water partition coefficient (Wildman–Crippen LogP) is 1.75. The summed E-state index contributed by atoms with van der Waals surface area (Å²) in [6, 6.07) is 4.90. The second-order valence-corrected chi connectivity index (χ2v) is 7.25. The van der Waals surface area contributed by atoms with Crippen molar-refractivity contribution < 1.29 is 17.6 Å². The number of carbonyl (C=O) groups is 1. The Morgan fingerprint density at radius 3 is 2.19 bits per heavy atom. The minimum absolute atomic E-state index is 0.0628. The average Bonchev–Trinajstić information content (AvgIpc) is 2.35. The Balaban J connectivity index is 2.91. The van der Waals surface area contributed by atoms with Crippen LogP contribution in [0.2, 0.25) is 0 Å². The van der Waals surface area contributed by atoms with Crippen molar-refractivity contribution in [2.24, 2.45) is 5.92 Å². The summed E-state index contributed by atoms with van der Waals surface area (Å²) in [5.74, 6) is -0.623. The largest absolute Gasteiger partial charge is 0.352 e. The highest BCUT2D eigenvalue weighted by Gasteiger charge is 2.22. The second kappa shape index (κ2) is 6.89. The van der Waals surface area contributed by atoms with Crippen molar-refractivity contribution in [1.82, 2.24) is 5.32 Å². The number of hydrogen-bond donors (Lipinski definition) is 1. The van der Waals surface area contributed by atoms with E-state index in [9.17, 15) is 17.6 Å². The monoisotopic (exact) mass is 316 g/mol. The summed E-state index contributed by atoms with van der Waals surface area (Å²) in [6.07, 6.45) is 1.01. The van der Waals surface area contributed by atoms with Gasteiger partial charge in [-0.1, -0.05) is 13.8 Å². The summed E-state index contributed by atoms with van der Waals surface area (Å²) in [5, 5.41) is 2.74. The smallest absolute Gasteiger partial charge is 0.240 e. The van der Waals surface area contributed by atoms with E-state index in [1.807, 2.05) is 20.8 Å². The Labute approximate surface area is 125 Å². The Bertz CT molecular complexity index is 585. The van der Waals surface area contributed by atoms with Crippen LogP contribution in [0.15, 0.2) is 24.3 Å². The van der Waals surface area contributed by atoms with Gasteiger partial charge >= 0.3 is 0 Å². The Morgan fingerprint density at radius 1 is 1.24 bits per heavy atom. The molecule has 0 fully saturated rings. The van der Waals surface area contributed by atoms with Gasteiger partial charge in [-0.2, -0.15) is 0 Å². The Kier molecular flexibility index (Phi) is 5.71. The molecule has 1 aromatic rings. The lowest BCUT2D eigenvalue weighted by Gasteiger charge is -2.24. The molecule has 1 amide bonds. The van der Waals surface area contributed by atoms with E-state index in [-0.39, 0.29) is 24.2 Å². The van der Waals surface area contributed by atoms with Crippen LogP contribution in [-0.4, -0.2) is 33.2 Å².